The minimum Gasteiger partial charge on any atom is -0.457 e. The standard InChI is InChI=1S/C55H98O9/c1-3-5-7-9-11-13-15-17-19-21-23-25-26-28-30-32-34-36-38-40-42-44-51(57)63-49(48-62-55-54(60)53(59)52(58)50(46-56)64-55)47-61-45-43-41-39-37-35-33-31-29-27-24-22-20-18-16-14-12-10-8-6-4-2/h5,7,11,13,17-20,23,25,49-50,52-56,58-60H,3-4,6,8-10,12,14-16,21-22,24,26-48H2,1-2H3/b7-5-,13-11-,19-17-,20-18-,25-23-. The van der Waals surface area contributed by atoms with Gasteiger partial charge in [-0.05, 0) is 77.0 Å². The van der Waals surface area contributed by atoms with Gasteiger partial charge in [0.1, 0.15) is 30.5 Å². The summed E-state index contributed by atoms with van der Waals surface area (Å²) in [5.74, 6) is -0.322. The third kappa shape index (κ3) is 36.1. The molecule has 9 heteroatoms. The third-order valence-corrected chi connectivity index (χ3v) is 11.9. The summed E-state index contributed by atoms with van der Waals surface area (Å²) in [5, 5.41) is 40.3. The summed E-state index contributed by atoms with van der Waals surface area (Å²) in [6.45, 7) is 4.45. The molecule has 1 aliphatic heterocycles. The van der Waals surface area contributed by atoms with Crippen LogP contribution in [0.4, 0.5) is 0 Å². The fourth-order valence-electron chi connectivity index (χ4n) is 7.83. The van der Waals surface area contributed by atoms with E-state index in [2.05, 4.69) is 74.6 Å². The van der Waals surface area contributed by atoms with Crippen molar-refractivity contribution < 1.29 is 44.2 Å². The first-order chi connectivity index (χ1) is 31.4. The van der Waals surface area contributed by atoms with E-state index in [0.29, 0.717) is 13.0 Å². The Bertz CT molecular complexity index is 1160. The van der Waals surface area contributed by atoms with Crippen molar-refractivity contribution in [2.24, 2.45) is 0 Å². The van der Waals surface area contributed by atoms with Crippen molar-refractivity contribution in [2.75, 3.05) is 26.4 Å². The van der Waals surface area contributed by atoms with Gasteiger partial charge in [-0.3, -0.25) is 4.79 Å². The number of carbonyl (C=O) groups excluding carboxylic acids is 1. The summed E-state index contributed by atoms with van der Waals surface area (Å²) in [4.78, 5) is 12.9. The number of allylic oxidation sites excluding steroid dienone is 10. The summed E-state index contributed by atoms with van der Waals surface area (Å²) in [7, 11) is 0. The molecule has 0 aromatic rings. The topological polar surface area (TPSA) is 135 Å². The van der Waals surface area contributed by atoms with E-state index in [1.807, 2.05) is 0 Å². The monoisotopic (exact) mass is 903 g/mol. The number of hydrogen-bond acceptors (Lipinski definition) is 9. The van der Waals surface area contributed by atoms with Gasteiger partial charge in [-0.1, -0.05) is 197 Å². The van der Waals surface area contributed by atoms with E-state index < -0.39 is 43.4 Å². The lowest BCUT2D eigenvalue weighted by Gasteiger charge is -2.39. The molecule has 0 radical (unpaired) electrons. The first-order valence-corrected chi connectivity index (χ1v) is 26.4. The van der Waals surface area contributed by atoms with E-state index in [9.17, 15) is 25.2 Å². The van der Waals surface area contributed by atoms with Crippen LogP contribution in [0, 0.1) is 0 Å². The highest BCUT2D eigenvalue weighted by Gasteiger charge is 2.44. The van der Waals surface area contributed by atoms with Gasteiger partial charge < -0.3 is 39.4 Å². The molecule has 1 heterocycles. The van der Waals surface area contributed by atoms with E-state index in [-0.39, 0.29) is 19.2 Å². The molecule has 0 amide bonds. The number of rotatable bonds is 45. The van der Waals surface area contributed by atoms with Crippen LogP contribution < -0.4 is 0 Å². The quantitative estimate of drug-likeness (QED) is 0.0268. The molecule has 0 saturated carbocycles. The molecule has 0 aromatic heterocycles. The van der Waals surface area contributed by atoms with Crippen LogP contribution in [0.2, 0.25) is 0 Å². The summed E-state index contributed by atoms with van der Waals surface area (Å²) in [5.41, 5.74) is 0. The molecule has 4 N–H and O–H groups in total. The molecular weight excluding hydrogens is 805 g/mol. The smallest absolute Gasteiger partial charge is 0.306 e. The van der Waals surface area contributed by atoms with E-state index in [1.54, 1.807) is 0 Å². The lowest BCUT2D eigenvalue weighted by atomic mass is 9.99. The number of unbranched alkanes of at least 4 members (excludes halogenated alkanes) is 24. The predicted octanol–water partition coefficient (Wildman–Crippen LogP) is 13.0. The molecule has 1 fully saturated rings. The van der Waals surface area contributed by atoms with Crippen LogP contribution in [0.25, 0.3) is 0 Å². The molecule has 372 valence electrons. The molecule has 1 aliphatic rings. The lowest BCUT2D eigenvalue weighted by Crippen LogP contribution is -2.59. The van der Waals surface area contributed by atoms with Crippen LogP contribution in [0.15, 0.2) is 60.8 Å². The normalized spacial score (nSPS) is 20.0. The van der Waals surface area contributed by atoms with Crippen LogP contribution in [-0.4, -0.2) is 89.6 Å². The second-order valence-corrected chi connectivity index (χ2v) is 17.9. The van der Waals surface area contributed by atoms with Gasteiger partial charge in [0, 0.05) is 13.0 Å². The zero-order valence-corrected chi connectivity index (χ0v) is 41.0. The number of aliphatic hydroxyl groups excluding tert-OH is 4. The highest BCUT2D eigenvalue weighted by Crippen LogP contribution is 2.23. The SMILES string of the molecule is CC/C=C\C/C=C\C/C=C\C/C=C\CCCCCCCCCCC(=O)OC(COCCCCCCCCCCCC/C=C\CCCCCCCC)COC1OC(CO)C(O)C(O)C1O. The van der Waals surface area contributed by atoms with Crippen molar-refractivity contribution in [3.63, 3.8) is 0 Å². The Labute approximate surface area is 392 Å². The fourth-order valence-corrected chi connectivity index (χ4v) is 7.83. The molecular formula is C55H98O9. The molecule has 6 unspecified atom stereocenters. The van der Waals surface area contributed by atoms with Gasteiger partial charge in [0.05, 0.1) is 19.8 Å². The molecule has 1 saturated heterocycles. The van der Waals surface area contributed by atoms with E-state index in [1.165, 1.54) is 135 Å². The van der Waals surface area contributed by atoms with Crippen LogP contribution in [0.1, 0.15) is 219 Å². The van der Waals surface area contributed by atoms with Crippen molar-refractivity contribution in [3.8, 4) is 0 Å². The maximum absolute atomic E-state index is 12.9. The van der Waals surface area contributed by atoms with Crippen molar-refractivity contribution in [1.82, 2.24) is 0 Å². The number of hydrogen-bond donors (Lipinski definition) is 4. The second kappa shape index (κ2) is 46.0. The Morgan fingerprint density at radius 1 is 0.516 bits per heavy atom. The minimum atomic E-state index is -1.54. The Hall–Kier alpha value is -2.11. The zero-order valence-electron chi connectivity index (χ0n) is 41.0. The molecule has 0 aliphatic carbocycles. The van der Waals surface area contributed by atoms with Crippen LogP contribution in [0.3, 0.4) is 0 Å². The number of carbonyl (C=O) groups is 1. The molecule has 0 spiro atoms. The van der Waals surface area contributed by atoms with Gasteiger partial charge >= 0.3 is 5.97 Å². The number of aliphatic hydroxyl groups is 4. The summed E-state index contributed by atoms with van der Waals surface area (Å²) in [6.07, 6.45) is 52.5. The summed E-state index contributed by atoms with van der Waals surface area (Å²) < 4.78 is 22.9. The molecule has 9 nitrogen and oxygen atoms in total. The zero-order chi connectivity index (χ0) is 46.4. The minimum absolute atomic E-state index is 0.118. The Kier molecular flexibility index (Phi) is 43.1. The van der Waals surface area contributed by atoms with Crippen molar-refractivity contribution >= 4 is 5.97 Å². The van der Waals surface area contributed by atoms with E-state index in [0.717, 1.165) is 64.2 Å². The van der Waals surface area contributed by atoms with Crippen molar-refractivity contribution in [2.45, 2.75) is 256 Å². The van der Waals surface area contributed by atoms with Crippen molar-refractivity contribution in [3.05, 3.63) is 60.8 Å². The van der Waals surface area contributed by atoms with E-state index >= 15 is 0 Å². The average molecular weight is 903 g/mol. The van der Waals surface area contributed by atoms with Gasteiger partial charge in [0.2, 0.25) is 0 Å². The molecule has 64 heavy (non-hydrogen) atoms. The summed E-state index contributed by atoms with van der Waals surface area (Å²) >= 11 is 0. The predicted molar refractivity (Wildman–Crippen MR) is 265 cm³/mol. The fraction of sp³-hybridized carbons (Fsp3) is 0.800. The van der Waals surface area contributed by atoms with Crippen LogP contribution >= 0.6 is 0 Å². The van der Waals surface area contributed by atoms with E-state index in [4.69, 9.17) is 18.9 Å². The average Bonchev–Trinajstić information content (AvgIpc) is 3.30. The van der Waals surface area contributed by atoms with Gasteiger partial charge in [-0.2, -0.15) is 0 Å². The highest BCUT2D eigenvalue weighted by molar-refractivity contribution is 5.69. The Morgan fingerprint density at radius 3 is 1.45 bits per heavy atom. The maximum atomic E-state index is 12.9. The molecule has 0 aromatic carbocycles. The lowest BCUT2D eigenvalue weighted by molar-refractivity contribution is -0.305. The Balaban J connectivity index is 2.20. The maximum Gasteiger partial charge on any atom is 0.306 e. The number of esters is 1. The van der Waals surface area contributed by atoms with Gasteiger partial charge in [0.25, 0.3) is 0 Å². The van der Waals surface area contributed by atoms with Gasteiger partial charge in [-0.25, -0.2) is 0 Å². The van der Waals surface area contributed by atoms with Gasteiger partial charge in [0.15, 0.2) is 6.29 Å². The molecule has 6 atom stereocenters. The highest BCUT2D eigenvalue weighted by atomic mass is 16.7. The number of ether oxygens (including phenoxy) is 4. The van der Waals surface area contributed by atoms with Crippen molar-refractivity contribution in [1.29, 1.82) is 0 Å². The largest absolute Gasteiger partial charge is 0.457 e. The first kappa shape index (κ1) is 59.9. The van der Waals surface area contributed by atoms with Crippen LogP contribution in [-0.2, 0) is 23.7 Å². The second-order valence-electron chi connectivity index (χ2n) is 17.9. The first-order valence-electron chi connectivity index (χ1n) is 26.4. The van der Waals surface area contributed by atoms with Gasteiger partial charge in [-0.15, -0.1) is 0 Å². The Morgan fingerprint density at radius 2 is 0.953 bits per heavy atom. The summed E-state index contributed by atoms with van der Waals surface area (Å²) in [6, 6.07) is 0. The third-order valence-electron chi connectivity index (χ3n) is 11.9. The molecule has 0 bridgehead atoms. The molecule has 1 rings (SSSR count). The van der Waals surface area contributed by atoms with Crippen LogP contribution in [0.5, 0.6) is 0 Å².